The zero-order chi connectivity index (χ0) is 19.8. The molecule has 0 unspecified atom stereocenters. The summed E-state index contributed by atoms with van der Waals surface area (Å²) in [7, 11) is 0. The zero-order valence-electron chi connectivity index (χ0n) is 15.2. The monoisotopic (exact) mass is 381 g/mol. The maximum absolute atomic E-state index is 13.1. The fraction of sp³-hybridized carbons (Fsp3) is 0.130. The minimum atomic E-state index is -1.23. The summed E-state index contributed by atoms with van der Waals surface area (Å²) >= 11 is 0. The first-order valence-corrected chi connectivity index (χ1v) is 9.19. The predicted octanol–water partition coefficient (Wildman–Crippen LogP) is 4.39. The van der Waals surface area contributed by atoms with Crippen LogP contribution in [0.1, 0.15) is 27.9 Å². The number of nitriles is 1. The molecular weight excluding hydrogens is 366 g/mol. The third-order valence-electron chi connectivity index (χ3n) is 5.40. The van der Waals surface area contributed by atoms with Crippen molar-refractivity contribution in [1.29, 1.82) is 5.26 Å². The number of furan rings is 1. The Morgan fingerprint density at radius 3 is 2.34 bits per heavy atom. The molecule has 1 fully saturated rings. The molecule has 0 spiro atoms. The number of hydrogen-bond acceptors (Lipinski definition) is 6. The van der Waals surface area contributed by atoms with E-state index in [2.05, 4.69) is 16.3 Å². The maximum atomic E-state index is 13.1. The van der Waals surface area contributed by atoms with Crippen LogP contribution in [-0.4, -0.2) is 16.0 Å². The molecule has 1 aliphatic rings. The van der Waals surface area contributed by atoms with Crippen LogP contribution < -0.4 is 0 Å². The van der Waals surface area contributed by atoms with E-state index in [-0.39, 0.29) is 17.4 Å². The molecule has 2 heterocycles. The SMILES string of the molecule is N#C[C@]1(c2nnc(-c3ccccc3)o2)[C@H](C(=O)c2ccco2)[C@H]1c1ccccc1. The lowest BCUT2D eigenvalue weighted by Gasteiger charge is -2.03. The van der Waals surface area contributed by atoms with Crippen LogP contribution in [0.25, 0.3) is 11.5 Å². The van der Waals surface area contributed by atoms with Gasteiger partial charge in [-0.15, -0.1) is 10.2 Å². The smallest absolute Gasteiger partial charge is 0.247 e. The van der Waals surface area contributed by atoms with Crippen molar-refractivity contribution in [3.63, 3.8) is 0 Å². The van der Waals surface area contributed by atoms with Gasteiger partial charge in [0, 0.05) is 11.5 Å². The Bertz CT molecular complexity index is 1190. The predicted molar refractivity (Wildman–Crippen MR) is 103 cm³/mol. The van der Waals surface area contributed by atoms with Gasteiger partial charge in [0.05, 0.1) is 18.3 Å². The summed E-state index contributed by atoms with van der Waals surface area (Å²) < 4.78 is 11.2. The molecule has 0 aliphatic heterocycles. The van der Waals surface area contributed by atoms with Crippen LogP contribution in [0.15, 0.2) is 87.9 Å². The number of aromatic nitrogens is 2. The Morgan fingerprint density at radius 1 is 0.966 bits per heavy atom. The largest absolute Gasteiger partial charge is 0.461 e. The number of benzene rings is 2. The number of carbonyl (C=O) groups excluding carboxylic acids is 1. The molecule has 1 saturated carbocycles. The second kappa shape index (κ2) is 6.57. The maximum Gasteiger partial charge on any atom is 0.247 e. The lowest BCUT2D eigenvalue weighted by atomic mass is 10.00. The second-order valence-electron chi connectivity index (χ2n) is 6.97. The van der Waals surface area contributed by atoms with Crippen molar-refractivity contribution < 1.29 is 13.6 Å². The highest BCUT2D eigenvalue weighted by atomic mass is 16.4. The summed E-state index contributed by atoms with van der Waals surface area (Å²) in [6, 6.07) is 24.4. The van der Waals surface area contributed by atoms with Gasteiger partial charge < -0.3 is 8.83 Å². The van der Waals surface area contributed by atoms with E-state index in [4.69, 9.17) is 8.83 Å². The fourth-order valence-electron chi connectivity index (χ4n) is 3.97. The van der Waals surface area contributed by atoms with E-state index in [1.165, 1.54) is 6.26 Å². The molecule has 6 heteroatoms. The van der Waals surface area contributed by atoms with Gasteiger partial charge in [-0.25, -0.2) is 0 Å². The average molecular weight is 381 g/mol. The molecule has 0 N–H and O–H groups in total. The highest BCUT2D eigenvalue weighted by Gasteiger charge is 2.74. The van der Waals surface area contributed by atoms with Crippen LogP contribution >= 0.6 is 0 Å². The zero-order valence-corrected chi connectivity index (χ0v) is 15.2. The number of rotatable bonds is 5. The Morgan fingerprint density at radius 2 is 1.69 bits per heavy atom. The first-order chi connectivity index (χ1) is 14.3. The summed E-state index contributed by atoms with van der Waals surface area (Å²) in [5.74, 6) is -0.614. The van der Waals surface area contributed by atoms with Crippen molar-refractivity contribution in [2.24, 2.45) is 5.92 Å². The van der Waals surface area contributed by atoms with Gasteiger partial charge in [-0.1, -0.05) is 48.5 Å². The minimum absolute atomic E-state index is 0.151. The van der Waals surface area contributed by atoms with Crippen molar-refractivity contribution >= 4 is 5.78 Å². The van der Waals surface area contributed by atoms with Crippen LogP contribution in [0.4, 0.5) is 0 Å². The third kappa shape index (κ3) is 2.59. The summed E-state index contributed by atoms with van der Waals surface area (Å²) in [6.45, 7) is 0. The number of hydrogen-bond donors (Lipinski definition) is 0. The van der Waals surface area contributed by atoms with E-state index in [0.717, 1.165) is 11.1 Å². The van der Waals surface area contributed by atoms with Crippen molar-refractivity contribution in [2.45, 2.75) is 11.3 Å². The lowest BCUT2D eigenvalue weighted by molar-refractivity contribution is 0.0930. The highest BCUT2D eigenvalue weighted by Crippen LogP contribution is 2.66. The third-order valence-corrected chi connectivity index (χ3v) is 5.40. The molecule has 4 aromatic rings. The van der Waals surface area contributed by atoms with Gasteiger partial charge in [0.15, 0.2) is 11.2 Å². The van der Waals surface area contributed by atoms with E-state index < -0.39 is 17.3 Å². The minimum Gasteiger partial charge on any atom is -0.461 e. The molecule has 5 rings (SSSR count). The van der Waals surface area contributed by atoms with Crippen LogP contribution in [0, 0.1) is 17.2 Å². The van der Waals surface area contributed by atoms with E-state index in [1.54, 1.807) is 12.1 Å². The highest BCUT2D eigenvalue weighted by molar-refractivity contribution is 6.01. The van der Waals surface area contributed by atoms with Crippen molar-refractivity contribution in [3.05, 3.63) is 96.3 Å². The normalized spacial score (nSPS) is 22.7. The average Bonchev–Trinajstić information content (AvgIpc) is 3.17. The van der Waals surface area contributed by atoms with Crippen LogP contribution in [0.2, 0.25) is 0 Å². The van der Waals surface area contributed by atoms with Crippen molar-refractivity contribution in [2.75, 3.05) is 0 Å². The first kappa shape index (κ1) is 17.1. The van der Waals surface area contributed by atoms with Gasteiger partial charge in [0.1, 0.15) is 0 Å². The first-order valence-electron chi connectivity index (χ1n) is 9.19. The van der Waals surface area contributed by atoms with Gasteiger partial charge in [-0.3, -0.25) is 4.79 Å². The van der Waals surface area contributed by atoms with Crippen molar-refractivity contribution in [3.8, 4) is 17.5 Å². The number of ketones is 1. The standard InChI is InChI=1S/C23H15N3O3/c24-14-23(22-26-25-21(29-22)16-10-5-2-6-11-16)18(15-8-3-1-4-9-15)19(23)20(27)17-12-7-13-28-17/h1-13,18-19H/t18-,19+,23-/m1/s1. The van der Waals surface area contributed by atoms with E-state index in [1.807, 2.05) is 60.7 Å². The van der Waals surface area contributed by atoms with E-state index >= 15 is 0 Å². The molecular formula is C23H15N3O3. The summed E-state index contributed by atoms with van der Waals surface area (Å²) in [6.07, 6.45) is 1.45. The van der Waals surface area contributed by atoms with Gasteiger partial charge in [-0.2, -0.15) is 5.26 Å². The molecule has 29 heavy (non-hydrogen) atoms. The molecule has 0 radical (unpaired) electrons. The van der Waals surface area contributed by atoms with Crippen LogP contribution in [-0.2, 0) is 5.41 Å². The Labute approximate surface area is 166 Å². The second-order valence-corrected chi connectivity index (χ2v) is 6.97. The van der Waals surface area contributed by atoms with Crippen LogP contribution in [0.5, 0.6) is 0 Å². The summed E-state index contributed by atoms with van der Waals surface area (Å²) in [5, 5.41) is 18.5. The number of Topliss-reactive ketones (excluding diaryl/α,β-unsaturated/α-hetero) is 1. The molecule has 0 bridgehead atoms. The number of carbonyl (C=O) groups is 1. The lowest BCUT2D eigenvalue weighted by Crippen LogP contribution is -2.14. The quantitative estimate of drug-likeness (QED) is 0.476. The Hall–Kier alpha value is -3.98. The summed E-state index contributed by atoms with van der Waals surface area (Å²) in [5.41, 5.74) is 0.397. The molecule has 2 aromatic carbocycles. The summed E-state index contributed by atoms with van der Waals surface area (Å²) in [4.78, 5) is 13.1. The van der Waals surface area contributed by atoms with Crippen molar-refractivity contribution in [1.82, 2.24) is 10.2 Å². The van der Waals surface area contributed by atoms with E-state index in [9.17, 15) is 10.1 Å². The van der Waals surface area contributed by atoms with Gasteiger partial charge >= 0.3 is 0 Å². The molecule has 140 valence electrons. The van der Waals surface area contributed by atoms with E-state index in [0.29, 0.717) is 5.89 Å². The van der Waals surface area contributed by atoms with Gasteiger partial charge in [0.2, 0.25) is 17.6 Å². The Kier molecular flexibility index (Phi) is 3.88. The molecule has 1 aliphatic carbocycles. The topological polar surface area (TPSA) is 92.9 Å². The molecule has 6 nitrogen and oxygen atoms in total. The van der Waals surface area contributed by atoms with Gasteiger partial charge in [0.25, 0.3) is 0 Å². The fourth-order valence-corrected chi connectivity index (χ4v) is 3.97. The van der Waals surface area contributed by atoms with Crippen LogP contribution in [0.3, 0.4) is 0 Å². The molecule has 2 aromatic heterocycles. The van der Waals surface area contributed by atoms with Gasteiger partial charge in [-0.05, 0) is 29.8 Å². The molecule has 0 saturated heterocycles. The Balaban J connectivity index is 1.60. The molecule has 3 atom stereocenters. The number of nitrogens with zero attached hydrogens (tertiary/aromatic N) is 3. The molecule has 0 amide bonds.